The van der Waals surface area contributed by atoms with Crippen LogP contribution in [0.5, 0.6) is 5.88 Å². The highest BCUT2D eigenvalue weighted by Gasteiger charge is 2.15. The molecule has 2 rings (SSSR count). The maximum atomic E-state index is 5.35. The summed E-state index contributed by atoms with van der Waals surface area (Å²) in [5.74, 6) is 4.06. The molecular formula is C11H16N2OS. The van der Waals surface area contributed by atoms with Gasteiger partial charge in [-0.3, -0.25) is 0 Å². The van der Waals surface area contributed by atoms with E-state index in [9.17, 15) is 0 Å². The summed E-state index contributed by atoms with van der Waals surface area (Å²) in [7, 11) is 0. The summed E-state index contributed by atoms with van der Waals surface area (Å²) in [6, 6.07) is 6.42. The zero-order chi connectivity index (χ0) is 10.5. The summed E-state index contributed by atoms with van der Waals surface area (Å²) in [4.78, 5) is 4.38. The van der Waals surface area contributed by atoms with Crippen molar-refractivity contribution in [2.24, 2.45) is 0 Å². The van der Waals surface area contributed by atoms with Crippen LogP contribution in [0.3, 0.4) is 0 Å². The highest BCUT2D eigenvalue weighted by Crippen LogP contribution is 2.21. The van der Waals surface area contributed by atoms with Crippen LogP contribution in [0.1, 0.15) is 13.3 Å². The van der Waals surface area contributed by atoms with E-state index in [0.717, 1.165) is 5.82 Å². The molecule has 15 heavy (non-hydrogen) atoms. The molecule has 0 saturated carbocycles. The molecule has 0 radical (unpaired) electrons. The first-order chi connectivity index (χ1) is 7.38. The van der Waals surface area contributed by atoms with Crippen LogP contribution >= 0.6 is 11.8 Å². The third-order valence-electron chi connectivity index (χ3n) is 2.30. The number of rotatable bonds is 4. The Kier molecular flexibility index (Phi) is 3.72. The highest BCUT2D eigenvalue weighted by atomic mass is 32.2. The van der Waals surface area contributed by atoms with Gasteiger partial charge in [0.1, 0.15) is 5.82 Å². The van der Waals surface area contributed by atoms with Gasteiger partial charge in [0.15, 0.2) is 0 Å². The first-order valence-corrected chi connectivity index (χ1v) is 6.48. The number of hydrogen-bond donors (Lipinski definition) is 1. The normalized spacial score (nSPS) is 20.2. The Hall–Kier alpha value is -0.900. The molecule has 1 aromatic heterocycles. The number of nitrogens with one attached hydrogen (secondary N) is 1. The molecule has 1 atom stereocenters. The zero-order valence-corrected chi connectivity index (χ0v) is 9.72. The summed E-state index contributed by atoms with van der Waals surface area (Å²) in [5, 5.41) is 3.43. The van der Waals surface area contributed by atoms with E-state index in [1.54, 1.807) is 0 Å². The highest BCUT2D eigenvalue weighted by molar-refractivity contribution is 7.99. The lowest BCUT2D eigenvalue weighted by molar-refractivity contribution is 0.327. The van der Waals surface area contributed by atoms with Crippen molar-refractivity contribution in [3.8, 4) is 5.88 Å². The number of pyridine rings is 1. The van der Waals surface area contributed by atoms with Gasteiger partial charge in [-0.15, -0.1) is 0 Å². The van der Waals surface area contributed by atoms with E-state index >= 15 is 0 Å². The van der Waals surface area contributed by atoms with Crippen molar-refractivity contribution in [2.45, 2.75) is 19.4 Å². The van der Waals surface area contributed by atoms with Crippen LogP contribution in [0.4, 0.5) is 5.82 Å². The number of hydrogen-bond acceptors (Lipinski definition) is 4. The molecule has 4 heteroatoms. The maximum absolute atomic E-state index is 5.35. The van der Waals surface area contributed by atoms with Gasteiger partial charge in [0, 0.05) is 17.9 Å². The van der Waals surface area contributed by atoms with Gasteiger partial charge in [-0.25, -0.2) is 0 Å². The molecule has 0 amide bonds. The van der Waals surface area contributed by atoms with Crippen LogP contribution in [0.25, 0.3) is 0 Å². The van der Waals surface area contributed by atoms with Gasteiger partial charge in [-0.2, -0.15) is 16.7 Å². The van der Waals surface area contributed by atoms with E-state index in [1.807, 2.05) is 36.9 Å². The average Bonchev–Trinajstić information content (AvgIpc) is 2.71. The Bertz CT molecular complexity index is 313. The lowest BCUT2D eigenvalue weighted by Crippen LogP contribution is -2.18. The van der Waals surface area contributed by atoms with Crippen molar-refractivity contribution in [2.75, 3.05) is 23.4 Å². The van der Waals surface area contributed by atoms with E-state index in [2.05, 4.69) is 10.3 Å². The molecule has 0 aromatic carbocycles. The molecule has 2 heterocycles. The lowest BCUT2D eigenvalue weighted by atomic mass is 10.2. The summed E-state index contributed by atoms with van der Waals surface area (Å²) in [6.45, 7) is 2.63. The molecule has 1 aliphatic rings. The fourth-order valence-corrected chi connectivity index (χ4v) is 2.73. The van der Waals surface area contributed by atoms with Crippen molar-refractivity contribution in [1.82, 2.24) is 4.98 Å². The van der Waals surface area contributed by atoms with Gasteiger partial charge in [0.25, 0.3) is 0 Å². The Balaban J connectivity index is 1.97. The molecule has 0 aliphatic carbocycles. The average molecular weight is 224 g/mol. The second-order valence-electron chi connectivity index (χ2n) is 3.50. The fourth-order valence-electron chi connectivity index (χ4n) is 1.58. The van der Waals surface area contributed by atoms with Gasteiger partial charge >= 0.3 is 0 Å². The van der Waals surface area contributed by atoms with Gasteiger partial charge < -0.3 is 10.1 Å². The molecule has 1 unspecified atom stereocenters. The Labute approximate surface area is 94.6 Å². The molecule has 1 N–H and O–H groups in total. The van der Waals surface area contributed by atoms with E-state index < -0.39 is 0 Å². The summed E-state index contributed by atoms with van der Waals surface area (Å²) < 4.78 is 5.35. The second kappa shape index (κ2) is 5.26. The van der Waals surface area contributed by atoms with Crippen LogP contribution in [0.15, 0.2) is 18.2 Å². The van der Waals surface area contributed by atoms with Crippen molar-refractivity contribution in [3.05, 3.63) is 18.2 Å². The van der Waals surface area contributed by atoms with Crippen molar-refractivity contribution >= 4 is 17.6 Å². The first kappa shape index (κ1) is 10.6. The number of thioether (sulfide) groups is 1. The third-order valence-corrected chi connectivity index (χ3v) is 3.46. The van der Waals surface area contributed by atoms with Crippen molar-refractivity contribution in [1.29, 1.82) is 0 Å². The van der Waals surface area contributed by atoms with E-state index in [1.165, 1.54) is 17.9 Å². The standard InChI is InChI=1S/C11H16N2OS/c1-2-14-11-5-3-4-10(13-11)12-9-6-7-15-8-9/h3-5,9H,2,6-8H2,1H3,(H,12,13). The van der Waals surface area contributed by atoms with Crippen LogP contribution < -0.4 is 10.1 Å². The quantitative estimate of drug-likeness (QED) is 0.851. The van der Waals surface area contributed by atoms with Gasteiger partial charge in [0.2, 0.25) is 5.88 Å². The predicted octanol–water partition coefficient (Wildman–Crippen LogP) is 2.40. The second-order valence-corrected chi connectivity index (χ2v) is 4.65. The number of anilines is 1. The first-order valence-electron chi connectivity index (χ1n) is 5.32. The van der Waals surface area contributed by atoms with E-state index in [-0.39, 0.29) is 0 Å². The van der Waals surface area contributed by atoms with Gasteiger partial charge in [-0.1, -0.05) is 6.07 Å². The predicted molar refractivity (Wildman–Crippen MR) is 64.8 cm³/mol. The van der Waals surface area contributed by atoms with E-state index in [0.29, 0.717) is 18.5 Å². The van der Waals surface area contributed by atoms with Crippen LogP contribution in [0, 0.1) is 0 Å². The Morgan fingerprint density at radius 1 is 1.60 bits per heavy atom. The molecule has 1 aliphatic heterocycles. The minimum absolute atomic E-state index is 0.569. The molecule has 0 bridgehead atoms. The monoisotopic (exact) mass is 224 g/mol. The smallest absolute Gasteiger partial charge is 0.215 e. The number of nitrogens with zero attached hydrogens (tertiary/aromatic N) is 1. The van der Waals surface area contributed by atoms with Crippen LogP contribution in [-0.2, 0) is 0 Å². The number of ether oxygens (including phenoxy) is 1. The van der Waals surface area contributed by atoms with Gasteiger partial charge in [-0.05, 0) is 25.2 Å². The lowest BCUT2D eigenvalue weighted by Gasteiger charge is -2.12. The molecular weight excluding hydrogens is 208 g/mol. The minimum Gasteiger partial charge on any atom is -0.478 e. The molecule has 1 saturated heterocycles. The van der Waals surface area contributed by atoms with Crippen LogP contribution in [-0.4, -0.2) is 29.1 Å². The summed E-state index contributed by atoms with van der Waals surface area (Å²) in [5.41, 5.74) is 0. The fraction of sp³-hybridized carbons (Fsp3) is 0.545. The zero-order valence-electron chi connectivity index (χ0n) is 8.90. The van der Waals surface area contributed by atoms with Crippen molar-refractivity contribution < 1.29 is 4.74 Å². The number of aromatic nitrogens is 1. The largest absolute Gasteiger partial charge is 0.478 e. The van der Waals surface area contributed by atoms with Crippen LogP contribution in [0.2, 0.25) is 0 Å². The van der Waals surface area contributed by atoms with E-state index in [4.69, 9.17) is 4.74 Å². The van der Waals surface area contributed by atoms with Crippen molar-refractivity contribution in [3.63, 3.8) is 0 Å². The summed E-state index contributed by atoms with van der Waals surface area (Å²) in [6.07, 6.45) is 1.23. The summed E-state index contributed by atoms with van der Waals surface area (Å²) >= 11 is 1.99. The topological polar surface area (TPSA) is 34.1 Å². The Morgan fingerprint density at radius 3 is 3.27 bits per heavy atom. The molecule has 0 spiro atoms. The molecule has 82 valence electrons. The maximum Gasteiger partial charge on any atom is 0.215 e. The Morgan fingerprint density at radius 2 is 2.53 bits per heavy atom. The molecule has 1 fully saturated rings. The third kappa shape index (κ3) is 3.02. The SMILES string of the molecule is CCOc1cccc(NC2CCSC2)n1. The molecule has 1 aromatic rings. The van der Waals surface area contributed by atoms with Gasteiger partial charge in [0.05, 0.1) is 6.61 Å². The minimum atomic E-state index is 0.569. The molecule has 3 nitrogen and oxygen atoms in total.